The van der Waals surface area contributed by atoms with Gasteiger partial charge in [0.05, 0.1) is 5.41 Å². The van der Waals surface area contributed by atoms with Crippen molar-refractivity contribution in [3.05, 3.63) is 324 Å². The van der Waals surface area contributed by atoms with Crippen LogP contribution >= 0.6 is 0 Å². The normalized spacial score (nSPS) is 12.7. The Morgan fingerprint density at radius 3 is 1.27 bits per heavy atom. The third-order valence-electron chi connectivity index (χ3n) is 17.6. The van der Waals surface area contributed by atoms with Crippen LogP contribution in [0.5, 0.6) is 0 Å². The minimum atomic E-state index is -0.779. The second kappa shape index (κ2) is 18.8. The predicted molar refractivity (Wildman–Crippen MR) is 342 cm³/mol. The summed E-state index contributed by atoms with van der Waals surface area (Å²) in [5.41, 5.74) is 19.7. The lowest BCUT2D eigenvalue weighted by atomic mass is 9.69. The van der Waals surface area contributed by atoms with Gasteiger partial charge in [-0.3, -0.25) is 0 Å². The number of anilines is 6. The van der Waals surface area contributed by atoms with Crippen LogP contribution in [0.4, 0.5) is 42.9 Å². The van der Waals surface area contributed by atoms with Crippen molar-refractivity contribution >= 4 is 77.2 Å². The molecule has 0 bridgehead atoms. The van der Waals surface area contributed by atoms with Crippen molar-refractivity contribution in [1.82, 2.24) is 0 Å². The van der Waals surface area contributed by atoms with Gasteiger partial charge in [-0.1, -0.05) is 205 Å². The molecule has 2 aliphatic rings. The maximum atomic E-state index is 16.6. The molecule has 0 aliphatic heterocycles. The van der Waals surface area contributed by atoms with Crippen molar-refractivity contribution < 1.29 is 8.78 Å². The SMILES string of the molecule is Cc1ccc(N(c2cc(F)cc(-c3cccc4ccccc34)c2)c2ccc3c(c2)C2(c4ccccc4-c4ccccc42)c2c-3c3ccccc3c3cc(N(c4ccc(C)cc4)c4cc(F)cc(-c5cccc6ccccc56)c4)ccc23)cc1. The summed E-state index contributed by atoms with van der Waals surface area (Å²) in [6.45, 7) is 4.20. The lowest BCUT2D eigenvalue weighted by molar-refractivity contribution is 0.628. The first kappa shape index (κ1) is 48.5. The van der Waals surface area contributed by atoms with E-state index >= 15 is 8.78 Å². The van der Waals surface area contributed by atoms with Crippen molar-refractivity contribution in [2.45, 2.75) is 19.3 Å². The zero-order valence-electron chi connectivity index (χ0n) is 45.7. The summed E-state index contributed by atoms with van der Waals surface area (Å²) in [5.74, 6) is -0.625. The van der Waals surface area contributed by atoms with Gasteiger partial charge in [-0.25, -0.2) is 8.78 Å². The summed E-state index contributed by atoms with van der Waals surface area (Å²) in [6.07, 6.45) is 0. The fourth-order valence-electron chi connectivity index (χ4n) is 14.1. The van der Waals surface area contributed by atoms with E-state index in [4.69, 9.17) is 0 Å². The molecule has 0 radical (unpaired) electrons. The largest absolute Gasteiger partial charge is 0.310 e. The number of nitrogens with zero attached hydrogens (tertiary/aromatic N) is 2. The van der Waals surface area contributed by atoms with Crippen LogP contribution in [0.25, 0.3) is 87.6 Å². The van der Waals surface area contributed by atoms with Crippen LogP contribution in [0.15, 0.2) is 279 Å². The zero-order valence-corrected chi connectivity index (χ0v) is 45.7. The second-order valence-electron chi connectivity index (χ2n) is 22.4. The molecular formula is C79H52F2N2. The smallest absolute Gasteiger partial charge is 0.125 e. The van der Waals surface area contributed by atoms with Gasteiger partial charge in [0.15, 0.2) is 0 Å². The number of benzene rings is 14. The van der Waals surface area contributed by atoms with Crippen LogP contribution in [0, 0.1) is 25.5 Å². The molecule has 14 aromatic carbocycles. The number of aryl methyl sites for hydroxylation is 2. The molecule has 0 N–H and O–H groups in total. The third kappa shape index (κ3) is 7.53. The molecule has 83 heavy (non-hydrogen) atoms. The quantitative estimate of drug-likeness (QED) is 0.140. The molecular weight excluding hydrogens is 1010 g/mol. The molecule has 0 saturated heterocycles. The van der Waals surface area contributed by atoms with Crippen LogP contribution in [-0.2, 0) is 5.41 Å². The van der Waals surface area contributed by atoms with E-state index < -0.39 is 5.41 Å². The van der Waals surface area contributed by atoms with Crippen LogP contribution in [0.3, 0.4) is 0 Å². The molecule has 1 spiro atoms. The first-order valence-electron chi connectivity index (χ1n) is 28.4. The Hall–Kier alpha value is -10.4. The van der Waals surface area contributed by atoms with E-state index in [-0.39, 0.29) is 11.6 Å². The highest BCUT2D eigenvalue weighted by Crippen LogP contribution is 2.66. The molecule has 0 heterocycles. The van der Waals surface area contributed by atoms with E-state index in [0.29, 0.717) is 0 Å². The van der Waals surface area contributed by atoms with Gasteiger partial charge in [-0.05, 0) is 209 Å². The summed E-state index contributed by atoms with van der Waals surface area (Å²) in [4.78, 5) is 4.43. The molecule has 14 aromatic rings. The van der Waals surface area contributed by atoms with E-state index in [1.807, 2.05) is 30.3 Å². The number of hydrogen-bond acceptors (Lipinski definition) is 2. The number of rotatable bonds is 8. The third-order valence-corrected chi connectivity index (χ3v) is 17.6. The second-order valence-corrected chi connectivity index (χ2v) is 22.4. The first-order valence-corrected chi connectivity index (χ1v) is 28.4. The zero-order chi connectivity index (χ0) is 55.5. The van der Waals surface area contributed by atoms with Gasteiger partial charge in [0.2, 0.25) is 0 Å². The lowest BCUT2D eigenvalue weighted by Gasteiger charge is -2.33. The van der Waals surface area contributed by atoms with Crippen LogP contribution < -0.4 is 9.80 Å². The van der Waals surface area contributed by atoms with Crippen molar-refractivity contribution in [3.8, 4) is 44.5 Å². The Bertz CT molecular complexity index is 4920. The minimum Gasteiger partial charge on any atom is -0.310 e. The van der Waals surface area contributed by atoms with Gasteiger partial charge >= 0.3 is 0 Å². The first-order chi connectivity index (χ1) is 40.8. The number of fused-ring (bicyclic) bond motifs is 17. The van der Waals surface area contributed by atoms with Crippen molar-refractivity contribution in [2.75, 3.05) is 9.80 Å². The fraction of sp³-hybridized carbons (Fsp3) is 0.0380. The molecule has 0 saturated carbocycles. The van der Waals surface area contributed by atoms with E-state index in [9.17, 15) is 0 Å². The Kier molecular flexibility index (Phi) is 11.0. The van der Waals surface area contributed by atoms with E-state index in [1.54, 1.807) is 24.3 Å². The van der Waals surface area contributed by atoms with E-state index in [1.165, 1.54) is 33.4 Å². The maximum Gasteiger partial charge on any atom is 0.125 e. The molecule has 0 unspecified atom stereocenters. The van der Waals surface area contributed by atoms with Crippen molar-refractivity contribution in [1.29, 1.82) is 0 Å². The minimum absolute atomic E-state index is 0.312. The summed E-state index contributed by atoms with van der Waals surface area (Å²) in [5, 5.41) is 8.83. The molecule has 0 aromatic heterocycles. The molecule has 16 rings (SSSR count). The summed E-state index contributed by atoms with van der Waals surface area (Å²) in [7, 11) is 0. The summed E-state index contributed by atoms with van der Waals surface area (Å²) >= 11 is 0. The highest BCUT2D eigenvalue weighted by atomic mass is 19.1. The molecule has 392 valence electrons. The summed E-state index contributed by atoms with van der Waals surface area (Å²) < 4.78 is 33.2. The average Bonchev–Trinajstić information content (AvgIpc) is 1.65. The van der Waals surface area contributed by atoms with Gasteiger partial charge in [-0.15, -0.1) is 0 Å². The van der Waals surface area contributed by atoms with E-state index in [2.05, 4.69) is 248 Å². The number of halogens is 2. The predicted octanol–water partition coefficient (Wildman–Crippen LogP) is 21.8. The molecule has 2 nitrogen and oxygen atoms in total. The van der Waals surface area contributed by atoms with Gasteiger partial charge in [0.1, 0.15) is 11.6 Å². The molecule has 4 heteroatoms. The molecule has 0 amide bonds. The standard InChI is InChI=1S/C79H52F2N2/c1-49-29-33-57(34-30-49)82(61-43-53(41-55(80)45-61)65-25-13-17-51-15-3-5-19-63(51)65)59-37-39-71-73(47-59)67-21-7-8-24-70(67)77-72-40-38-60(48-76(72)79(78(71)77)74-27-11-9-22-68(74)69-23-10-12-28-75(69)79)83(58-35-31-50(2)32-36-58)62-44-54(42-56(81)46-62)66-26-14-18-52-16-4-6-20-64(52)66/h3-48H,1-2H3. The highest BCUT2D eigenvalue weighted by molar-refractivity contribution is 6.21. The van der Waals surface area contributed by atoms with Gasteiger partial charge < -0.3 is 9.80 Å². The maximum absolute atomic E-state index is 16.6. The van der Waals surface area contributed by atoms with Crippen LogP contribution in [0.1, 0.15) is 33.4 Å². The van der Waals surface area contributed by atoms with Crippen LogP contribution in [0.2, 0.25) is 0 Å². The average molecular weight is 1070 g/mol. The molecule has 2 aliphatic carbocycles. The molecule has 0 fully saturated rings. The van der Waals surface area contributed by atoms with Gasteiger partial charge in [0.25, 0.3) is 0 Å². The molecule has 0 atom stereocenters. The Morgan fingerprint density at radius 1 is 0.277 bits per heavy atom. The summed E-state index contributed by atoms with van der Waals surface area (Å²) in [6, 6.07) is 97.6. The van der Waals surface area contributed by atoms with Crippen LogP contribution in [-0.4, -0.2) is 0 Å². The highest BCUT2D eigenvalue weighted by Gasteiger charge is 2.53. The number of hydrogen-bond donors (Lipinski definition) is 0. The Balaban J connectivity index is 0.950. The topological polar surface area (TPSA) is 6.48 Å². The van der Waals surface area contributed by atoms with Crippen molar-refractivity contribution in [2.24, 2.45) is 0 Å². The fourth-order valence-corrected chi connectivity index (χ4v) is 14.1. The van der Waals surface area contributed by atoms with Crippen molar-refractivity contribution in [3.63, 3.8) is 0 Å². The van der Waals surface area contributed by atoms with E-state index in [0.717, 1.165) is 122 Å². The lowest BCUT2D eigenvalue weighted by Crippen LogP contribution is -2.26. The Morgan fingerprint density at radius 2 is 0.711 bits per heavy atom. The van der Waals surface area contributed by atoms with Gasteiger partial charge in [-0.2, -0.15) is 0 Å². The van der Waals surface area contributed by atoms with Gasteiger partial charge in [0, 0.05) is 34.1 Å². The monoisotopic (exact) mass is 1070 g/mol. The Labute approximate surface area is 481 Å².